The van der Waals surface area contributed by atoms with E-state index in [0.717, 1.165) is 27.5 Å². The van der Waals surface area contributed by atoms with Crippen molar-refractivity contribution in [1.29, 1.82) is 0 Å². The van der Waals surface area contributed by atoms with Crippen molar-refractivity contribution in [2.75, 3.05) is 6.54 Å². The van der Waals surface area contributed by atoms with Crippen LogP contribution in [0.4, 0.5) is 0 Å². The van der Waals surface area contributed by atoms with E-state index in [1.54, 1.807) is 30.5 Å². The Balaban J connectivity index is 1.62. The number of Topliss-reactive ketones (excluding diaryl/α,β-unsaturated/α-hetero) is 1. The number of rotatable bonds is 5. The van der Waals surface area contributed by atoms with Crippen molar-refractivity contribution in [3.05, 3.63) is 77.5 Å². The zero-order chi connectivity index (χ0) is 18.8. The lowest BCUT2D eigenvalue weighted by Crippen LogP contribution is -2.26. The molecule has 0 radical (unpaired) electrons. The number of hydrogen-bond donors (Lipinski definition) is 2. The normalized spacial score (nSPS) is 13.9. The largest absolute Gasteiger partial charge is 0.552 e. The van der Waals surface area contributed by atoms with Gasteiger partial charge in [-0.2, -0.15) is 0 Å². The van der Waals surface area contributed by atoms with E-state index in [0.29, 0.717) is 12.2 Å². The maximum Gasteiger partial charge on any atom is 0.552 e. The van der Waals surface area contributed by atoms with Gasteiger partial charge in [-0.3, -0.25) is 9.78 Å². The van der Waals surface area contributed by atoms with Gasteiger partial charge in [0.05, 0.1) is 5.92 Å². The summed E-state index contributed by atoms with van der Waals surface area (Å²) in [6.07, 6.45) is 5.64. The van der Waals surface area contributed by atoms with Crippen molar-refractivity contribution in [3.63, 3.8) is 0 Å². The Hall–Kier alpha value is -2.96. The first kappa shape index (κ1) is 17.5. The van der Waals surface area contributed by atoms with Crippen LogP contribution < -0.4 is 10.4 Å². The average molecular weight is 358 g/mol. The second-order valence-electron chi connectivity index (χ2n) is 6.62. The molecule has 2 aromatic carbocycles. The SMILES string of the molecule is NCC(C(=O)Cc1ccc2cnccc2c1)c1cccc2c1C=CB(O)O2. The summed E-state index contributed by atoms with van der Waals surface area (Å²) in [4.78, 5) is 17.1. The maximum absolute atomic E-state index is 13.0. The van der Waals surface area contributed by atoms with E-state index < -0.39 is 13.0 Å². The fraction of sp³-hybridized carbons (Fsp3) is 0.143. The first-order valence-corrected chi connectivity index (χ1v) is 8.87. The van der Waals surface area contributed by atoms with Crippen molar-refractivity contribution in [2.24, 2.45) is 5.73 Å². The van der Waals surface area contributed by atoms with Gasteiger partial charge in [-0.05, 0) is 34.6 Å². The minimum absolute atomic E-state index is 0.0545. The van der Waals surface area contributed by atoms with Crippen LogP contribution in [0.5, 0.6) is 5.75 Å². The van der Waals surface area contributed by atoms with E-state index in [1.165, 1.54) is 0 Å². The maximum atomic E-state index is 13.0. The molecule has 134 valence electrons. The van der Waals surface area contributed by atoms with E-state index in [-0.39, 0.29) is 12.3 Å². The Morgan fingerprint density at radius 3 is 2.96 bits per heavy atom. The molecule has 0 saturated heterocycles. The highest BCUT2D eigenvalue weighted by Crippen LogP contribution is 2.32. The molecular weight excluding hydrogens is 339 g/mol. The van der Waals surface area contributed by atoms with Gasteiger partial charge in [0.25, 0.3) is 0 Å². The molecule has 0 bridgehead atoms. The molecule has 0 spiro atoms. The monoisotopic (exact) mass is 358 g/mol. The van der Waals surface area contributed by atoms with E-state index in [4.69, 9.17) is 10.4 Å². The molecule has 5 nitrogen and oxygen atoms in total. The third-order valence-corrected chi connectivity index (χ3v) is 4.86. The number of ketones is 1. The summed E-state index contributed by atoms with van der Waals surface area (Å²) in [6.45, 7) is 0.211. The Labute approximate surface area is 157 Å². The zero-order valence-corrected chi connectivity index (χ0v) is 14.7. The number of aromatic nitrogens is 1. The third-order valence-electron chi connectivity index (χ3n) is 4.86. The van der Waals surface area contributed by atoms with E-state index in [2.05, 4.69) is 4.98 Å². The average Bonchev–Trinajstić information content (AvgIpc) is 2.68. The summed E-state index contributed by atoms with van der Waals surface area (Å²) in [5.74, 6) is 1.74. The summed E-state index contributed by atoms with van der Waals surface area (Å²) >= 11 is 0. The van der Waals surface area contributed by atoms with Crippen LogP contribution in [0.25, 0.3) is 16.8 Å². The lowest BCUT2D eigenvalue weighted by atomic mass is 9.82. The van der Waals surface area contributed by atoms with Crippen LogP contribution in [0.15, 0.2) is 60.8 Å². The highest BCUT2D eigenvalue weighted by molar-refractivity contribution is 6.51. The van der Waals surface area contributed by atoms with Gasteiger partial charge in [0, 0.05) is 36.3 Å². The predicted molar refractivity (Wildman–Crippen MR) is 106 cm³/mol. The first-order chi connectivity index (χ1) is 13.2. The molecule has 6 heteroatoms. The van der Waals surface area contributed by atoms with Gasteiger partial charge in [-0.25, -0.2) is 0 Å². The topological polar surface area (TPSA) is 85.4 Å². The Bertz CT molecular complexity index is 1030. The van der Waals surface area contributed by atoms with Crippen molar-refractivity contribution in [1.82, 2.24) is 4.98 Å². The molecule has 0 aliphatic carbocycles. The molecular formula is C21H19BN2O3. The Morgan fingerprint density at radius 1 is 1.22 bits per heavy atom. The molecule has 0 fully saturated rings. The molecule has 1 unspecified atom stereocenters. The summed E-state index contributed by atoms with van der Waals surface area (Å²) in [5.41, 5.74) is 8.54. The second-order valence-corrected chi connectivity index (χ2v) is 6.62. The quantitative estimate of drug-likeness (QED) is 0.685. The van der Waals surface area contributed by atoms with Crippen molar-refractivity contribution in [2.45, 2.75) is 12.3 Å². The zero-order valence-electron chi connectivity index (χ0n) is 14.7. The van der Waals surface area contributed by atoms with Crippen LogP contribution in [-0.4, -0.2) is 29.5 Å². The molecule has 0 saturated carbocycles. The van der Waals surface area contributed by atoms with Gasteiger partial charge in [0.2, 0.25) is 0 Å². The summed E-state index contributed by atoms with van der Waals surface area (Å²) in [7, 11) is -0.966. The summed E-state index contributed by atoms with van der Waals surface area (Å²) in [5, 5.41) is 11.7. The smallest absolute Gasteiger partial charge is 0.532 e. The fourth-order valence-corrected chi connectivity index (χ4v) is 3.49. The fourth-order valence-electron chi connectivity index (χ4n) is 3.49. The number of pyridine rings is 1. The second kappa shape index (κ2) is 7.35. The molecule has 27 heavy (non-hydrogen) atoms. The Morgan fingerprint density at radius 2 is 2.11 bits per heavy atom. The first-order valence-electron chi connectivity index (χ1n) is 8.87. The molecule has 2 heterocycles. The van der Waals surface area contributed by atoms with Crippen LogP contribution in [-0.2, 0) is 11.2 Å². The number of carbonyl (C=O) groups excluding carboxylic acids is 1. The van der Waals surface area contributed by atoms with Crippen LogP contribution in [0.3, 0.4) is 0 Å². The Kier molecular flexibility index (Phi) is 4.75. The molecule has 1 atom stereocenters. The van der Waals surface area contributed by atoms with Gasteiger partial charge < -0.3 is 15.4 Å². The highest BCUT2D eigenvalue weighted by Gasteiger charge is 2.26. The standard InChI is InChI=1S/C21H19BN2O3/c23-12-19(17-2-1-3-21-18(17)6-8-22(26)27-21)20(25)11-14-4-5-16-13-24-9-7-15(16)10-14/h1-10,13,19,26H,11-12,23H2. The van der Waals surface area contributed by atoms with Crippen molar-refractivity contribution >= 4 is 29.8 Å². The van der Waals surface area contributed by atoms with E-state index >= 15 is 0 Å². The number of fused-ring (bicyclic) bond motifs is 2. The van der Waals surface area contributed by atoms with E-state index in [1.807, 2.05) is 36.4 Å². The van der Waals surface area contributed by atoms with Gasteiger partial charge >= 0.3 is 7.12 Å². The highest BCUT2D eigenvalue weighted by atomic mass is 16.5. The lowest BCUT2D eigenvalue weighted by molar-refractivity contribution is -0.119. The summed E-state index contributed by atoms with van der Waals surface area (Å²) < 4.78 is 5.42. The molecule has 3 N–H and O–H groups in total. The van der Waals surface area contributed by atoms with Crippen molar-refractivity contribution in [3.8, 4) is 5.75 Å². The van der Waals surface area contributed by atoms with Gasteiger partial charge in [0.1, 0.15) is 11.5 Å². The number of nitrogens with two attached hydrogens (primary N) is 1. The third kappa shape index (κ3) is 3.49. The number of benzene rings is 2. The minimum atomic E-state index is -0.966. The van der Waals surface area contributed by atoms with Gasteiger partial charge in [-0.15, -0.1) is 0 Å². The van der Waals surface area contributed by atoms with Gasteiger partial charge in [0.15, 0.2) is 0 Å². The van der Waals surface area contributed by atoms with Crippen LogP contribution in [0.1, 0.15) is 22.6 Å². The van der Waals surface area contributed by atoms with Crippen molar-refractivity contribution < 1.29 is 14.5 Å². The molecule has 3 aromatic rings. The number of carbonyl (C=O) groups is 1. The molecule has 1 aromatic heterocycles. The van der Waals surface area contributed by atoms with Crippen LogP contribution in [0, 0.1) is 0 Å². The molecule has 0 amide bonds. The van der Waals surface area contributed by atoms with Gasteiger partial charge in [-0.1, -0.05) is 36.4 Å². The van der Waals surface area contributed by atoms with Crippen LogP contribution in [0.2, 0.25) is 0 Å². The predicted octanol–water partition coefficient (Wildman–Crippen LogP) is 2.51. The summed E-state index contributed by atoms with van der Waals surface area (Å²) in [6, 6.07) is 13.4. The van der Waals surface area contributed by atoms with E-state index in [9.17, 15) is 9.82 Å². The number of nitrogens with zero attached hydrogens (tertiary/aromatic N) is 1. The molecule has 1 aliphatic heterocycles. The minimum Gasteiger partial charge on any atom is -0.532 e. The molecule has 1 aliphatic rings. The molecule has 4 rings (SSSR count). The van der Waals surface area contributed by atoms with Crippen LogP contribution >= 0.6 is 0 Å². The number of hydrogen-bond acceptors (Lipinski definition) is 5. The lowest BCUT2D eigenvalue weighted by Gasteiger charge is -2.22.